The first-order valence-electron chi connectivity index (χ1n) is 4.77. The second-order valence-corrected chi connectivity index (χ2v) is 4.08. The molecule has 0 spiro atoms. The molecule has 0 saturated carbocycles. The van der Waals surface area contributed by atoms with Crippen LogP contribution in [0.4, 0.5) is 0 Å². The molecule has 0 aromatic rings. The lowest BCUT2D eigenvalue weighted by molar-refractivity contribution is -0.145. The van der Waals surface area contributed by atoms with Gasteiger partial charge in [-0.2, -0.15) is 0 Å². The molecule has 3 aliphatic rings. The van der Waals surface area contributed by atoms with Crippen LogP contribution in [-0.4, -0.2) is 49.2 Å². The smallest absolute Gasteiger partial charge is 0.312 e. The topological polar surface area (TPSA) is 65.0 Å². The summed E-state index contributed by atoms with van der Waals surface area (Å²) in [5, 5.41) is 9.79. The van der Waals surface area contributed by atoms with Gasteiger partial charge in [0, 0.05) is 13.0 Å². The number of aliphatic hydroxyl groups is 1. The van der Waals surface area contributed by atoms with Crippen LogP contribution in [0, 0.1) is 11.8 Å². The molecule has 5 heteroatoms. The summed E-state index contributed by atoms with van der Waals surface area (Å²) in [5.74, 6) is -0.446. The van der Waals surface area contributed by atoms with E-state index in [1.54, 1.807) is 7.11 Å². The van der Waals surface area contributed by atoms with Crippen LogP contribution in [0.2, 0.25) is 0 Å². The summed E-state index contributed by atoms with van der Waals surface area (Å²) in [6.45, 7) is 0.400. The molecule has 0 unspecified atom stereocenters. The van der Waals surface area contributed by atoms with Crippen molar-refractivity contribution in [1.29, 1.82) is 0 Å². The molecule has 3 fully saturated rings. The van der Waals surface area contributed by atoms with Crippen molar-refractivity contribution >= 4 is 5.97 Å². The average molecular weight is 200 g/mol. The summed E-state index contributed by atoms with van der Waals surface area (Å²) in [6.07, 6.45) is -1.62. The Balaban J connectivity index is 1.92. The van der Waals surface area contributed by atoms with Crippen molar-refractivity contribution in [3.63, 3.8) is 0 Å². The number of hydrogen-bond donors (Lipinski definition) is 1. The number of methoxy groups -OCH3 is 1. The third kappa shape index (κ3) is 0.827. The minimum Gasteiger partial charge on any atom is -0.465 e. The number of rotatable bonds is 1. The Morgan fingerprint density at radius 2 is 2.29 bits per heavy atom. The number of esters is 1. The van der Waals surface area contributed by atoms with Gasteiger partial charge in [-0.15, -0.1) is 0 Å². The predicted octanol–water partition coefficient (Wildman–Crippen LogP) is -1.07. The van der Waals surface area contributed by atoms with Crippen LogP contribution in [-0.2, 0) is 19.0 Å². The van der Waals surface area contributed by atoms with E-state index in [2.05, 4.69) is 0 Å². The molecule has 3 aliphatic heterocycles. The van der Waals surface area contributed by atoms with E-state index in [1.165, 1.54) is 0 Å². The van der Waals surface area contributed by atoms with Gasteiger partial charge in [0.15, 0.2) is 0 Å². The Bertz CT molecular complexity index is 278. The first-order valence-corrected chi connectivity index (χ1v) is 4.77. The zero-order chi connectivity index (χ0) is 9.87. The van der Waals surface area contributed by atoms with E-state index in [1.807, 2.05) is 0 Å². The summed E-state index contributed by atoms with van der Waals surface area (Å²) in [6, 6.07) is 0. The predicted molar refractivity (Wildman–Crippen MR) is 43.4 cm³/mol. The number of carbonyl (C=O) groups excluding carboxylic acids is 1. The standard InChI is InChI=1S/C9H12O5/c1-12-8-5(10)7-4-3(6(8)14-7)2-13-9(4)11/h3-8,10H,2H2,1H3/t3-,4+,5+,6-,7-,8-/m1/s1. The maximum atomic E-state index is 11.3. The van der Waals surface area contributed by atoms with E-state index in [-0.39, 0.29) is 30.0 Å². The van der Waals surface area contributed by atoms with Gasteiger partial charge in [-0.25, -0.2) is 0 Å². The summed E-state index contributed by atoms with van der Waals surface area (Å²) >= 11 is 0. The molecule has 2 bridgehead atoms. The van der Waals surface area contributed by atoms with E-state index in [0.29, 0.717) is 6.61 Å². The number of ether oxygens (including phenoxy) is 3. The highest BCUT2D eigenvalue weighted by Crippen LogP contribution is 2.47. The number of aliphatic hydroxyl groups excluding tert-OH is 1. The normalized spacial score (nSPS) is 54.9. The molecule has 0 aromatic carbocycles. The fourth-order valence-corrected chi connectivity index (χ4v) is 2.87. The summed E-state index contributed by atoms with van der Waals surface area (Å²) in [4.78, 5) is 11.3. The highest BCUT2D eigenvalue weighted by Gasteiger charge is 2.65. The van der Waals surface area contributed by atoms with Crippen LogP contribution in [0.25, 0.3) is 0 Å². The highest BCUT2D eigenvalue weighted by atomic mass is 16.6. The molecule has 0 radical (unpaired) electrons. The Morgan fingerprint density at radius 3 is 3.00 bits per heavy atom. The quantitative estimate of drug-likeness (QED) is 0.546. The van der Waals surface area contributed by atoms with Crippen molar-refractivity contribution in [2.75, 3.05) is 13.7 Å². The SMILES string of the molecule is CO[C@@H]1[C@@H](O)[C@@H]2O[C@@H]1[C@@H]1COC(=O)[C@@H]12. The van der Waals surface area contributed by atoms with Gasteiger partial charge in [0.05, 0.1) is 18.6 Å². The molecule has 0 aromatic heterocycles. The lowest BCUT2D eigenvalue weighted by Crippen LogP contribution is -2.47. The lowest BCUT2D eigenvalue weighted by atomic mass is 9.78. The molecule has 78 valence electrons. The van der Waals surface area contributed by atoms with Crippen LogP contribution in [0.1, 0.15) is 0 Å². The van der Waals surface area contributed by atoms with Gasteiger partial charge < -0.3 is 19.3 Å². The van der Waals surface area contributed by atoms with E-state index in [0.717, 1.165) is 0 Å². The molecular weight excluding hydrogens is 188 g/mol. The summed E-state index contributed by atoms with van der Waals surface area (Å²) in [5.41, 5.74) is 0. The van der Waals surface area contributed by atoms with Crippen LogP contribution in [0.5, 0.6) is 0 Å². The second-order valence-electron chi connectivity index (χ2n) is 4.08. The second kappa shape index (κ2) is 2.68. The molecule has 6 atom stereocenters. The Hall–Kier alpha value is -0.650. The molecule has 0 amide bonds. The first kappa shape index (κ1) is 8.64. The Labute approximate surface area is 80.9 Å². The molecule has 3 rings (SSSR count). The monoisotopic (exact) mass is 200 g/mol. The van der Waals surface area contributed by atoms with Crippen molar-refractivity contribution in [2.45, 2.75) is 24.4 Å². The number of hydrogen-bond acceptors (Lipinski definition) is 5. The van der Waals surface area contributed by atoms with Crippen LogP contribution < -0.4 is 0 Å². The van der Waals surface area contributed by atoms with Crippen LogP contribution in [0.3, 0.4) is 0 Å². The molecule has 1 N–H and O–H groups in total. The lowest BCUT2D eigenvalue weighted by Gasteiger charge is -2.28. The van der Waals surface area contributed by atoms with E-state index >= 15 is 0 Å². The van der Waals surface area contributed by atoms with E-state index < -0.39 is 12.2 Å². The maximum absolute atomic E-state index is 11.3. The number of cyclic esters (lactones) is 1. The zero-order valence-electron chi connectivity index (χ0n) is 7.75. The first-order chi connectivity index (χ1) is 6.74. The number of fused-ring (bicyclic) bond motifs is 5. The zero-order valence-corrected chi connectivity index (χ0v) is 7.75. The van der Waals surface area contributed by atoms with E-state index in [4.69, 9.17) is 14.2 Å². The Kier molecular flexibility index (Phi) is 1.66. The van der Waals surface area contributed by atoms with Crippen LogP contribution >= 0.6 is 0 Å². The minimum absolute atomic E-state index is 0.0702. The van der Waals surface area contributed by atoms with Gasteiger partial charge in [0.1, 0.15) is 18.3 Å². The molecule has 3 saturated heterocycles. The fourth-order valence-electron chi connectivity index (χ4n) is 2.87. The third-order valence-corrected chi connectivity index (χ3v) is 3.51. The molecule has 3 heterocycles. The molecule has 0 aliphatic carbocycles. The average Bonchev–Trinajstić information content (AvgIpc) is 2.77. The number of carbonyl (C=O) groups is 1. The molecular formula is C9H12O5. The van der Waals surface area contributed by atoms with Crippen molar-refractivity contribution < 1.29 is 24.1 Å². The van der Waals surface area contributed by atoms with Gasteiger partial charge >= 0.3 is 5.97 Å². The Morgan fingerprint density at radius 1 is 1.50 bits per heavy atom. The molecule has 5 nitrogen and oxygen atoms in total. The van der Waals surface area contributed by atoms with Gasteiger partial charge in [-0.3, -0.25) is 4.79 Å². The van der Waals surface area contributed by atoms with Gasteiger partial charge in [-0.05, 0) is 0 Å². The largest absolute Gasteiger partial charge is 0.465 e. The highest BCUT2D eigenvalue weighted by molar-refractivity contribution is 5.76. The van der Waals surface area contributed by atoms with Crippen molar-refractivity contribution in [3.8, 4) is 0 Å². The van der Waals surface area contributed by atoms with Gasteiger partial charge in [0.25, 0.3) is 0 Å². The fraction of sp³-hybridized carbons (Fsp3) is 0.889. The minimum atomic E-state index is -0.697. The van der Waals surface area contributed by atoms with Gasteiger partial charge in [-0.1, -0.05) is 0 Å². The van der Waals surface area contributed by atoms with E-state index in [9.17, 15) is 9.90 Å². The van der Waals surface area contributed by atoms with Gasteiger partial charge in [0.2, 0.25) is 0 Å². The maximum Gasteiger partial charge on any atom is 0.312 e. The third-order valence-electron chi connectivity index (χ3n) is 3.51. The molecule has 14 heavy (non-hydrogen) atoms. The van der Waals surface area contributed by atoms with Crippen molar-refractivity contribution in [2.24, 2.45) is 11.8 Å². The van der Waals surface area contributed by atoms with Crippen molar-refractivity contribution in [1.82, 2.24) is 0 Å². The summed E-state index contributed by atoms with van der Waals surface area (Å²) in [7, 11) is 1.55. The van der Waals surface area contributed by atoms with Crippen LogP contribution in [0.15, 0.2) is 0 Å². The van der Waals surface area contributed by atoms with Crippen molar-refractivity contribution in [3.05, 3.63) is 0 Å². The summed E-state index contributed by atoms with van der Waals surface area (Å²) < 4.78 is 15.7.